The Morgan fingerprint density at radius 3 is 2.50 bits per heavy atom. The molecule has 1 aromatic carbocycles. The number of nitro groups is 1. The van der Waals surface area contributed by atoms with Crippen molar-refractivity contribution in [1.29, 1.82) is 0 Å². The van der Waals surface area contributed by atoms with Crippen molar-refractivity contribution in [3.63, 3.8) is 0 Å². The van der Waals surface area contributed by atoms with Crippen molar-refractivity contribution in [3.8, 4) is 0 Å². The van der Waals surface area contributed by atoms with Gasteiger partial charge in [-0.3, -0.25) is 14.9 Å². The molecule has 0 spiro atoms. The Labute approximate surface area is 140 Å². The normalized spacial score (nSPS) is 13.2. The van der Waals surface area contributed by atoms with E-state index in [-0.39, 0.29) is 30.0 Å². The van der Waals surface area contributed by atoms with Gasteiger partial charge >= 0.3 is 5.97 Å². The first-order chi connectivity index (χ1) is 11.3. The number of rotatable bonds is 8. The van der Waals surface area contributed by atoms with Crippen LogP contribution >= 0.6 is 0 Å². The van der Waals surface area contributed by atoms with E-state index in [2.05, 4.69) is 10.1 Å². The lowest BCUT2D eigenvalue weighted by Gasteiger charge is -2.19. The van der Waals surface area contributed by atoms with Crippen molar-refractivity contribution < 1.29 is 24.4 Å². The molecule has 0 saturated heterocycles. The summed E-state index contributed by atoms with van der Waals surface area (Å²) in [7, 11) is 1.16. The van der Waals surface area contributed by atoms with Gasteiger partial charge in [0.1, 0.15) is 12.1 Å². The van der Waals surface area contributed by atoms with E-state index in [0.29, 0.717) is 0 Å². The van der Waals surface area contributed by atoms with Crippen LogP contribution in [0.25, 0.3) is 0 Å². The lowest BCUT2D eigenvalue weighted by atomic mass is 10.0. The fourth-order valence-electron chi connectivity index (χ4n) is 2.24. The molecule has 0 unspecified atom stereocenters. The second-order valence-corrected chi connectivity index (χ2v) is 5.82. The number of carbonyl (C=O) groups excluding carboxylic acids is 2. The Kier molecular flexibility index (Phi) is 7.31. The Hall–Kier alpha value is -2.48. The van der Waals surface area contributed by atoms with Gasteiger partial charge in [-0.25, -0.2) is 4.79 Å². The first-order valence-electron chi connectivity index (χ1n) is 7.54. The molecule has 1 amide bonds. The van der Waals surface area contributed by atoms with Crippen LogP contribution < -0.4 is 5.32 Å². The highest BCUT2D eigenvalue weighted by atomic mass is 16.6. The molecule has 0 bridgehead atoms. The highest BCUT2D eigenvalue weighted by Crippen LogP contribution is 2.19. The predicted octanol–water partition coefficient (Wildman–Crippen LogP) is 1.20. The van der Waals surface area contributed by atoms with Crippen LogP contribution in [0.4, 0.5) is 5.69 Å². The van der Waals surface area contributed by atoms with E-state index in [1.54, 1.807) is 6.07 Å². The van der Waals surface area contributed by atoms with Gasteiger partial charge in [0.05, 0.1) is 12.0 Å². The first kappa shape index (κ1) is 19.6. The van der Waals surface area contributed by atoms with Gasteiger partial charge in [0, 0.05) is 18.1 Å². The lowest BCUT2D eigenvalue weighted by Crippen LogP contribution is -2.47. The molecule has 0 heterocycles. The summed E-state index contributed by atoms with van der Waals surface area (Å²) < 4.78 is 4.64. The van der Waals surface area contributed by atoms with E-state index in [1.165, 1.54) is 18.2 Å². The number of nitrogens with one attached hydrogen (secondary N) is 1. The van der Waals surface area contributed by atoms with Gasteiger partial charge in [-0.15, -0.1) is 0 Å². The molecule has 0 saturated carbocycles. The van der Waals surface area contributed by atoms with Crippen molar-refractivity contribution in [2.45, 2.75) is 38.8 Å². The first-order valence-corrected chi connectivity index (χ1v) is 7.54. The van der Waals surface area contributed by atoms with Gasteiger partial charge in [-0.2, -0.15) is 0 Å². The number of para-hydroxylation sites is 1. The number of hydrogen-bond acceptors (Lipinski definition) is 6. The molecule has 1 aromatic rings. The van der Waals surface area contributed by atoms with Crippen LogP contribution in [-0.2, 0) is 20.7 Å². The fraction of sp³-hybridized carbons (Fsp3) is 0.500. The van der Waals surface area contributed by atoms with E-state index >= 15 is 0 Å². The minimum absolute atomic E-state index is 0.0949. The third-order valence-corrected chi connectivity index (χ3v) is 3.41. The quantitative estimate of drug-likeness (QED) is 0.418. The summed E-state index contributed by atoms with van der Waals surface area (Å²) in [5.74, 6) is -1.35. The highest BCUT2D eigenvalue weighted by molar-refractivity contribution is 5.87. The largest absolute Gasteiger partial charge is 0.467 e. The predicted molar refractivity (Wildman–Crippen MR) is 86.2 cm³/mol. The number of carbonyl (C=O) groups is 2. The van der Waals surface area contributed by atoms with Crippen LogP contribution in [0.2, 0.25) is 0 Å². The second-order valence-electron chi connectivity index (χ2n) is 5.82. The molecular weight excluding hydrogens is 316 g/mol. The molecule has 0 aliphatic heterocycles. The number of ether oxygens (including phenoxy) is 1. The van der Waals surface area contributed by atoms with Crippen molar-refractivity contribution >= 4 is 17.6 Å². The van der Waals surface area contributed by atoms with Crippen molar-refractivity contribution in [2.75, 3.05) is 7.11 Å². The van der Waals surface area contributed by atoms with Crippen molar-refractivity contribution in [3.05, 3.63) is 39.9 Å². The summed E-state index contributed by atoms with van der Waals surface area (Å²) in [6.45, 7) is 3.70. The van der Waals surface area contributed by atoms with Gasteiger partial charge in [-0.05, 0) is 12.3 Å². The molecule has 0 aliphatic carbocycles. The average molecular weight is 338 g/mol. The number of esters is 1. The second kappa shape index (κ2) is 8.97. The zero-order valence-corrected chi connectivity index (χ0v) is 13.9. The molecule has 0 aliphatic rings. The summed E-state index contributed by atoms with van der Waals surface area (Å²) in [5, 5.41) is 23.3. The van der Waals surface area contributed by atoms with Gasteiger partial charge in [0.2, 0.25) is 5.91 Å². The third-order valence-electron chi connectivity index (χ3n) is 3.41. The van der Waals surface area contributed by atoms with E-state index in [0.717, 1.165) is 7.11 Å². The number of nitrogens with zero attached hydrogens (tertiary/aromatic N) is 1. The molecule has 0 radical (unpaired) electrons. The van der Waals surface area contributed by atoms with Crippen LogP contribution in [0.3, 0.4) is 0 Å². The van der Waals surface area contributed by atoms with Crippen LogP contribution in [0.1, 0.15) is 25.8 Å². The number of methoxy groups -OCH3 is 1. The molecule has 1 rings (SSSR count). The van der Waals surface area contributed by atoms with E-state index in [1.807, 2.05) is 13.8 Å². The summed E-state index contributed by atoms with van der Waals surface area (Å²) >= 11 is 0. The molecule has 8 heteroatoms. The number of aliphatic hydroxyl groups excluding tert-OH is 1. The molecule has 2 atom stereocenters. The smallest absolute Gasteiger partial charge is 0.328 e. The van der Waals surface area contributed by atoms with E-state index in [4.69, 9.17) is 0 Å². The summed E-state index contributed by atoms with van der Waals surface area (Å²) in [6.07, 6.45) is -1.13. The molecule has 2 N–H and O–H groups in total. The summed E-state index contributed by atoms with van der Waals surface area (Å²) in [6, 6.07) is 4.82. The van der Waals surface area contributed by atoms with E-state index in [9.17, 15) is 24.8 Å². The minimum Gasteiger partial charge on any atom is -0.467 e. The zero-order valence-electron chi connectivity index (χ0n) is 13.9. The van der Waals surface area contributed by atoms with Crippen molar-refractivity contribution in [1.82, 2.24) is 5.32 Å². The van der Waals surface area contributed by atoms with Crippen molar-refractivity contribution in [2.24, 2.45) is 5.92 Å². The average Bonchev–Trinajstić information content (AvgIpc) is 2.52. The molecule has 0 aromatic heterocycles. The Bertz CT molecular complexity index is 602. The molecule has 132 valence electrons. The molecular formula is C16H22N2O6. The monoisotopic (exact) mass is 338 g/mol. The van der Waals surface area contributed by atoms with Gasteiger partial charge in [-0.1, -0.05) is 32.0 Å². The number of nitro benzene ring substituents is 1. The van der Waals surface area contributed by atoms with Crippen LogP contribution in [-0.4, -0.2) is 41.2 Å². The third kappa shape index (κ3) is 5.62. The molecule has 24 heavy (non-hydrogen) atoms. The summed E-state index contributed by atoms with van der Waals surface area (Å²) in [5.41, 5.74) is 0.139. The minimum atomic E-state index is -1.26. The topological polar surface area (TPSA) is 119 Å². The Morgan fingerprint density at radius 2 is 1.96 bits per heavy atom. The standard InChI is InChI=1S/C16H22N2O6/c1-10(2)8-14(19)15(20)17-12(16(21)24-3)9-11-6-4-5-7-13(11)18(22)23/h4-7,10,12,14,19H,8-9H2,1-3H3,(H,17,20)/t12-,14+/m1/s1. The zero-order chi connectivity index (χ0) is 18.3. The van der Waals surface area contributed by atoms with E-state index < -0.39 is 28.9 Å². The van der Waals surface area contributed by atoms with Gasteiger partial charge in [0.25, 0.3) is 5.69 Å². The SMILES string of the molecule is COC(=O)[C@@H](Cc1ccccc1[N+](=O)[O-])NC(=O)[C@@H](O)CC(C)C. The number of aliphatic hydroxyl groups is 1. The van der Waals surface area contributed by atoms with Crippen LogP contribution in [0.5, 0.6) is 0 Å². The maximum atomic E-state index is 12.0. The lowest BCUT2D eigenvalue weighted by molar-refractivity contribution is -0.385. The maximum absolute atomic E-state index is 12.0. The fourth-order valence-corrected chi connectivity index (χ4v) is 2.24. The van der Waals surface area contributed by atoms with Crippen LogP contribution in [0.15, 0.2) is 24.3 Å². The number of benzene rings is 1. The molecule has 8 nitrogen and oxygen atoms in total. The Morgan fingerprint density at radius 1 is 1.33 bits per heavy atom. The number of amides is 1. The molecule has 0 fully saturated rings. The number of hydrogen-bond donors (Lipinski definition) is 2. The maximum Gasteiger partial charge on any atom is 0.328 e. The Balaban J connectivity index is 2.93. The summed E-state index contributed by atoms with van der Waals surface area (Å²) in [4.78, 5) is 34.4. The highest BCUT2D eigenvalue weighted by Gasteiger charge is 2.28. The van der Waals surface area contributed by atoms with Gasteiger partial charge in [0.15, 0.2) is 0 Å². The van der Waals surface area contributed by atoms with Crippen LogP contribution in [0, 0.1) is 16.0 Å². The van der Waals surface area contributed by atoms with Gasteiger partial charge < -0.3 is 15.2 Å².